The average Bonchev–Trinajstić information content (AvgIpc) is 0.914. The quantitative estimate of drug-likeness (QED) is 0.0222. The van der Waals surface area contributed by atoms with Crippen molar-refractivity contribution in [2.24, 2.45) is 11.8 Å². The van der Waals surface area contributed by atoms with Crippen LogP contribution < -0.4 is 0 Å². The van der Waals surface area contributed by atoms with Crippen LogP contribution in [0.4, 0.5) is 0 Å². The monoisotopic (exact) mass is 1520 g/mol. The molecule has 0 aliphatic carbocycles. The molecule has 0 bridgehead atoms. The Hall–Kier alpha value is -1.94. The molecular formula is C85H166O17P2. The highest BCUT2D eigenvalue weighted by Crippen LogP contribution is 2.45. The summed E-state index contributed by atoms with van der Waals surface area (Å²) in [6, 6.07) is 0. The van der Waals surface area contributed by atoms with Gasteiger partial charge in [0.05, 0.1) is 26.4 Å². The molecule has 0 aromatic carbocycles. The molecule has 0 aromatic heterocycles. The lowest BCUT2D eigenvalue weighted by Gasteiger charge is -2.21. The van der Waals surface area contributed by atoms with E-state index in [2.05, 4.69) is 41.5 Å². The number of aliphatic hydroxyl groups is 1. The maximum absolute atomic E-state index is 13.1. The lowest BCUT2D eigenvalue weighted by Crippen LogP contribution is -2.30. The van der Waals surface area contributed by atoms with Crippen molar-refractivity contribution in [3.8, 4) is 0 Å². The average molecular weight is 1520 g/mol. The van der Waals surface area contributed by atoms with Gasteiger partial charge >= 0.3 is 39.5 Å². The molecule has 0 rings (SSSR count). The Labute approximate surface area is 638 Å². The van der Waals surface area contributed by atoms with Crippen LogP contribution in [-0.2, 0) is 65.4 Å². The van der Waals surface area contributed by atoms with Gasteiger partial charge in [-0.3, -0.25) is 37.3 Å². The number of phosphoric ester groups is 2. The predicted molar refractivity (Wildman–Crippen MR) is 428 cm³/mol. The number of esters is 4. The maximum Gasteiger partial charge on any atom is 0.472 e. The summed E-state index contributed by atoms with van der Waals surface area (Å²) in [5, 5.41) is 10.7. The third-order valence-corrected chi connectivity index (χ3v) is 21.9. The molecule has 104 heavy (non-hydrogen) atoms. The second-order valence-corrected chi connectivity index (χ2v) is 34.4. The molecule has 0 saturated heterocycles. The van der Waals surface area contributed by atoms with Crippen molar-refractivity contribution in [1.82, 2.24) is 0 Å². The fraction of sp³-hybridized carbons (Fsp3) is 0.953. The van der Waals surface area contributed by atoms with Gasteiger partial charge in [-0.2, -0.15) is 0 Å². The molecule has 618 valence electrons. The zero-order chi connectivity index (χ0) is 76.4. The van der Waals surface area contributed by atoms with Crippen molar-refractivity contribution in [3.63, 3.8) is 0 Å². The van der Waals surface area contributed by atoms with Crippen LogP contribution in [0.2, 0.25) is 0 Å². The summed E-state index contributed by atoms with van der Waals surface area (Å²) in [6.45, 7) is 9.69. The van der Waals surface area contributed by atoms with E-state index < -0.39 is 97.5 Å². The summed E-state index contributed by atoms with van der Waals surface area (Å²) >= 11 is 0. The summed E-state index contributed by atoms with van der Waals surface area (Å²) in [4.78, 5) is 73.1. The molecule has 0 spiro atoms. The van der Waals surface area contributed by atoms with Gasteiger partial charge in [0.15, 0.2) is 12.2 Å². The van der Waals surface area contributed by atoms with E-state index in [4.69, 9.17) is 37.0 Å². The zero-order valence-corrected chi connectivity index (χ0v) is 70.1. The number of rotatable bonds is 84. The van der Waals surface area contributed by atoms with E-state index >= 15 is 0 Å². The first-order valence-electron chi connectivity index (χ1n) is 44.0. The molecule has 2 unspecified atom stereocenters. The van der Waals surface area contributed by atoms with Gasteiger partial charge in [0.1, 0.15) is 19.3 Å². The van der Waals surface area contributed by atoms with E-state index in [0.29, 0.717) is 25.7 Å². The number of ether oxygens (including phenoxy) is 4. The Morgan fingerprint density at radius 3 is 0.654 bits per heavy atom. The molecule has 0 fully saturated rings. The Morgan fingerprint density at radius 2 is 0.442 bits per heavy atom. The normalized spacial score (nSPS) is 13.8. The number of phosphoric acid groups is 2. The summed E-state index contributed by atoms with van der Waals surface area (Å²) in [6.07, 6.45) is 68.1. The van der Waals surface area contributed by atoms with Crippen LogP contribution >= 0.6 is 15.6 Å². The standard InChI is InChI=1S/C85H166O17P2/c1-7-9-11-13-15-17-18-19-20-21-25-28-34-39-44-50-56-62-68-83(88)96-74-81(102-85(90)69-63-57-51-45-40-35-29-26-23-22-24-27-32-37-42-47-53-59-65-77(3)4)76-100-104(93,94)98-72-79(86)71-97-103(91,92)99-75-80(73-95-82(87)67-61-55-49-16-14-12-10-8-2)101-84(89)70-64-58-52-46-41-36-31-30-33-38-43-48-54-60-66-78(5)6/h77-81,86H,7-76H2,1-6H3,(H,91,92)(H,93,94)/t79-,80+,81+/m0/s1. The molecule has 3 N–H and O–H groups in total. The number of hydrogen-bond acceptors (Lipinski definition) is 15. The minimum atomic E-state index is -4.96. The van der Waals surface area contributed by atoms with Crippen LogP contribution in [0.5, 0.6) is 0 Å². The SMILES string of the molecule is CCCCCCCCCCCCCCCCCCCCC(=O)OC[C@H](COP(=O)(O)OC[C@@H](O)COP(=O)(O)OC[C@@H](COC(=O)CCCCCCCCCC)OC(=O)CCCCCCCCCCCCCCCCC(C)C)OC(=O)CCCCCCCCCCCCCCCCCCCCC(C)C. The second kappa shape index (κ2) is 76.4. The van der Waals surface area contributed by atoms with Crippen LogP contribution in [-0.4, -0.2) is 96.7 Å². The Kier molecular flexibility index (Phi) is 75.0. The minimum Gasteiger partial charge on any atom is -0.462 e. The number of carbonyl (C=O) groups is 4. The molecule has 5 atom stereocenters. The van der Waals surface area contributed by atoms with Crippen molar-refractivity contribution in [1.29, 1.82) is 0 Å². The van der Waals surface area contributed by atoms with Crippen LogP contribution in [0.25, 0.3) is 0 Å². The zero-order valence-electron chi connectivity index (χ0n) is 68.3. The molecule has 0 aliphatic rings. The second-order valence-electron chi connectivity index (χ2n) is 31.5. The van der Waals surface area contributed by atoms with Gasteiger partial charge in [0.25, 0.3) is 0 Å². The first-order valence-corrected chi connectivity index (χ1v) is 47.0. The third-order valence-electron chi connectivity index (χ3n) is 20.0. The Bertz CT molecular complexity index is 1990. The molecule has 0 amide bonds. The summed E-state index contributed by atoms with van der Waals surface area (Å²) in [5.74, 6) is -0.490. The topological polar surface area (TPSA) is 237 Å². The number of unbranched alkanes of at least 4 members (excludes halogenated alkanes) is 54. The van der Waals surface area contributed by atoms with Gasteiger partial charge in [-0.05, 0) is 37.5 Å². The molecule has 0 saturated carbocycles. The molecule has 0 heterocycles. The van der Waals surface area contributed by atoms with E-state index in [1.54, 1.807) is 0 Å². The van der Waals surface area contributed by atoms with Crippen molar-refractivity contribution in [2.45, 2.75) is 471 Å². The van der Waals surface area contributed by atoms with Gasteiger partial charge in [0, 0.05) is 25.7 Å². The van der Waals surface area contributed by atoms with E-state index in [9.17, 15) is 43.2 Å². The van der Waals surface area contributed by atoms with Crippen molar-refractivity contribution in [2.75, 3.05) is 39.6 Å². The van der Waals surface area contributed by atoms with E-state index in [1.807, 2.05) is 0 Å². The maximum atomic E-state index is 13.1. The first-order chi connectivity index (χ1) is 50.4. The molecule has 0 aromatic rings. The van der Waals surface area contributed by atoms with Gasteiger partial charge in [-0.15, -0.1) is 0 Å². The fourth-order valence-electron chi connectivity index (χ4n) is 13.2. The van der Waals surface area contributed by atoms with Gasteiger partial charge < -0.3 is 33.8 Å². The van der Waals surface area contributed by atoms with Crippen LogP contribution in [0.3, 0.4) is 0 Å². The smallest absolute Gasteiger partial charge is 0.462 e. The van der Waals surface area contributed by atoms with Gasteiger partial charge in [0.2, 0.25) is 0 Å². The number of aliphatic hydroxyl groups excluding tert-OH is 1. The molecule has 19 heteroatoms. The van der Waals surface area contributed by atoms with Crippen LogP contribution in [0, 0.1) is 11.8 Å². The summed E-state index contributed by atoms with van der Waals surface area (Å²) < 4.78 is 68.8. The number of carbonyl (C=O) groups excluding carboxylic acids is 4. The Morgan fingerprint density at radius 1 is 0.260 bits per heavy atom. The lowest BCUT2D eigenvalue weighted by atomic mass is 10.0. The van der Waals surface area contributed by atoms with Crippen molar-refractivity contribution >= 4 is 39.5 Å². The Balaban J connectivity index is 5.19. The third kappa shape index (κ3) is 78.2. The largest absolute Gasteiger partial charge is 0.472 e. The van der Waals surface area contributed by atoms with Gasteiger partial charge in [-0.25, -0.2) is 9.13 Å². The van der Waals surface area contributed by atoms with Crippen LogP contribution in [0.1, 0.15) is 452 Å². The highest BCUT2D eigenvalue weighted by atomic mass is 31.2. The lowest BCUT2D eigenvalue weighted by molar-refractivity contribution is -0.161. The fourth-order valence-corrected chi connectivity index (χ4v) is 14.8. The number of hydrogen-bond donors (Lipinski definition) is 3. The highest BCUT2D eigenvalue weighted by Gasteiger charge is 2.30. The van der Waals surface area contributed by atoms with Gasteiger partial charge in [-0.1, -0.05) is 401 Å². The molecule has 0 radical (unpaired) electrons. The predicted octanol–water partition coefficient (Wildman–Crippen LogP) is 25.8. The van der Waals surface area contributed by atoms with Crippen molar-refractivity contribution in [3.05, 3.63) is 0 Å². The molecule has 0 aliphatic heterocycles. The molecule has 17 nitrogen and oxygen atoms in total. The first kappa shape index (κ1) is 102. The highest BCUT2D eigenvalue weighted by molar-refractivity contribution is 7.47. The molecular weight excluding hydrogens is 1350 g/mol. The van der Waals surface area contributed by atoms with E-state index in [0.717, 1.165) is 108 Å². The summed E-state index contributed by atoms with van der Waals surface area (Å²) in [5.41, 5.74) is 0. The van der Waals surface area contributed by atoms with E-state index in [-0.39, 0.29) is 25.7 Å². The van der Waals surface area contributed by atoms with E-state index in [1.165, 1.54) is 263 Å². The van der Waals surface area contributed by atoms with Crippen molar-refractivity contribution < 1.29 is 80.2 Å². The minimum absolute atomic E-state index is 0.108. The van der Waals surface area contributed by atoms with Crippen LogP contribution in [0.15, 0.2) is 0 Å². The summed E-state index contributed by atoms with van der Waals surface area (Å²) in [7, 11) is -9.92.